The van der Waals surface area contributed by atoms with E-state index in [1.54, 1.807) is 16.9 Å². The SMILES string of the molecule is CC(C)n1nccc1C(=O)N[C@H](C(=O)Nc1ccc2c(c1)CN(C)CC2c1cc(F)cnc1OCc1ccccc1)C(C1CC1)C1CC1. The minimum Gasteiger partial charge on any atom is -0.473 e. The lowest BCUT2D eigenvalue weighted by Gasteiger charge is -2.33. The average molecular weight is 651 g/mol. The summed E-state index contributed by atoms with van der Waals surface area (Å²) in [6, 6.07) is 18.3. The summed E-state index contributed by atoms with van der Waals surface area (Å²) in [4.78, 5) is 34.2. The molecule has 10 heteroatoms. The molecule has 4 aromatic rings. The van der Waals surface area contributed by atoms with Crippen LogP contribution in [0.15, 0.2) is 73.1 Å². The molecule has 48 heavy (non-hydrogen) atoms. The van der Waals surface area contributed by atoms with Gasteiger partial charge in [-0.2, -0.15) is 5.10 Å². The van der Waals surface area contributed by atoms with Gasteiger partial charge in [0.1, 0.15) is 24.2 Å². The highest BCUT2D eigenvalue weighted by atomic mass is 19.1. The molecular formula is C38H43FN6O3. The van der Waals surface area contributed by atoms with Gasteiger partial charge in [-0.15, -0.1) is 0 Å². The number of likely N-dealkylation sites (N-methyl/N-ethyl adjacent to an activating group) is 1. The maximum Gasteiger partial charge on any atom is 0.270 e. The third-order valence-electron chi connectivity index (χ3n) is 9.84. The molecule has 0 radical (unpaired) electrons. The second-order valence-electron chi connectivity index (χ2n) is 13.9. The van der Waals surface area contributed by atoms with Gasteiger partial charge in [-0.3, -0.25) is 14.3 Å². The van der Waals surface area contributed by atoms with Gasteiger partial charge in [-0.1, -0.05) is 36.4 Å². The molecule has 1 aliphatic heterocycles. The Morgan fingerprint density at radius 3 is 2.46 bits per heavy atom. The summed E-state index contributed by atoms with van der Waals surface area (Å²) < 4.78 is 22.5. The molecule has 3 aliphatic rings. The van der Waals surface area contributed by atoms with Crippen molar-refractivity contribution in [3.63, 3.8) is 0 Å². The molecule has 250 valence electrons. The van der Waals surface area contributed by atoms with Crippen LogP contribution in [0.5, 0.6) is 5.88 Å². The standard InChI is InChI=1S/C38H43FN6O3/c1-23(2)45-33(15-16-41-45)36(46)43-35(34(25-9-10-25)26-11-12-26)37(47)42-29-13-14-30-27(17-29)20-44(3)21-32(30)31-18-28(39)19-40-38(31)48-22-24-7-5-4-6-8-24/h4-8,13-19,23,25-26,32,34-35H,9-12,20-22H2,1-3H3,(H,42,47)(H,43,46)/t32?,35-/m0/s1. The Kier molecular flexibility index (Phi) is 9.00. The number of ether oxygens (including phenoxy) is 1. The molecule has 0 saturated heterocycles. The van der Waals surface area contributed by atoms with Gasteiger partial charge in [0.25, 0.3) is 5.91 Å². The van der Waals surface area contributed by atoms with E-state index in [4.69, 9.17) is 4.74 Å². The van der Waals surface area contributed by atoms with Crippen LogP contribution in [0.25, 0.3) is 0 Å². The van der Waals surface area contributed by atoms with Crippen molar-refractivity contribution < 1.29 is 18.7 Å². The number of nitrogens with one attached hydrogen (secondary N) is 2. The van der Waals surface area contributed by atoms with Crippen molar-refractivity contribution in [3.05, 3.63) is 107 Å². The summed E-state index contributed by atoms with van der Waals surface area (Å²) in [6.07, 6.45) is 7.16. The van der Waals surface area contributed by atoms with E-state index < -0.39 is 11.9 Å². The Bertz CT molecular complexity index is 1770. The second-order valence-corrected chi connectivity index (χ2v) is 13.9. The zero-order valence-corrected chi connectivity index (χ0v) is 27.7. The zero-order valence-electron chi connectivity index (χ0n) is 27.7. The highest BCUT2D eigenvalue weighted by Gasteiger charge is 2.48. The van der Waals surface area contributed by atoms with Crippen LogP contribution >= 0.6 is 0 Å². The van der Waals surface area contributed by atoms with Crippen molar-refractivity contribution in [1.29, 1.82) is 0 Å². The van der Waals surface area contributed by atoms with Crippen LogP contribution in [0, 0.1) is 23.6 Å². The van der Waals surface area contributed by atoms with Gasteiger partial charge in [0.15, 0.2) is 0 Å². The number of carbonyl (C=O) groups excluding carboxylic acids is 2. The first-order chi connectivity index (χ1) is 23.2. The molecule has 7 rings (SSSR count). The van der Waals surface area contributed by atoms with E-state index in [1.165, 1.54) is 12.3 Å². The first kappa shape index (κ1) is 32.0. The van der Waals surface area contributed by atoms with E-state index in [1.807, 2.05) is 69.4 Å². The molecule has 2 aromatic heterocycles. The van der Waals surface area contributed by atoms with Gasteiger partial charge in [-0.05, 0) is 105 Å². The maximum absolute atomic E-state index is 14.6. The van der Waals surface area contributed by atoms with Gasteiger partial charge in [0.2, 0.25) is 11.8 Å². The number of hydrogen-bond donors (Lipinski definition) is 2. The molecule has 2 amide bonds. The first-order valence-electron chi connectivity index (χ1n) is 17.0. The molecule has 2 saturated carbocycles. The lowest BCUT2D eigenvalue weighted by Crippen LogP contribution is -2.50. The third-order valence-corrected chi connectivity index (χ3v) is 9.84. The van der Waals surface area contributed by atoms with Gasteiger partial charge in [0, 0.05) is 42.5 Å². The summed E-state index contributed by atoms with van der Waals surface area (Å²) in [5, 5.41) is 10.6. The van der Waals surface area contributed by atoms with E-state index >= 15 is 0 Å². The fourth-order valence-electron chi connectivity index (χ4n) is 7.30. The van der Waals surface area contributed by atoms with E-state index in [0.29, 0.717) is 54.4 Å². The molecule has 9 nitrogen and oxygen atoms in total. The molecule has 1 unspecified atom stereocenters. The van der Waals surface area contributed by atoms with Crippen molar-refractivity contribution in [2.75, 3.05) is 18.9 Å². The summed E-state index contributed by atoms with van der Waals surface area (Å²) in [5.41, 5.74) is 4.89. The Hall–Kier alpha value is -4.57. The van der Waals surface area contributed by atoms with Crippen LogP contribution in [-0.2, 0) is 17.9 Å². The number of benzene rings is 2. The smallest absolute Gasteiger partial charge is 0.270 e. The van der Waals surface area contributed by atoms with Crippen molar-refractivity contribution in [2.24, 2.45) is 17.8 Å². The van der Waals surface area contributed by atoms with Gasteiger partial charge >= 0.3 is 0 Å². The third kappa shape index (κ3) is 6.99. The number of pyridine rings is 1. The van der Waals surface area contributed by atoms with E-state index in [2.05, 4.69) is 25.6 Å². The van der Waals surface area contributed by atoms with Crippen molar-refractivity contribution >= 4 is 17.5 Å². The molecule has 2 N–H and O–H groups in total. The maximum atomic E-state index is 14.6. The van der Waals surface area contributed by atoms with Gasteiger partial charge in [0.05, 0.1) is 6.20 Å². The lowest BCUT2D eigenvalue weighted by atomic mass is 9.84. The summed E-state index contributed by atoms with van der Waals surface area (Å²) in [7, 11) is 2.03. The number of carbonyl (C=O) groups is 2. The molecule has 3 heterocycles. The number of amides is 2. The summed E-state index contributed by atoms with van der Waals surface area (Å²) in [5.74, 6) is 0.329. The number of aromatic nitrogens is 3. The van der Waals surface area contributed by atoms with Crippen LogP contribution in [0.1, 0.15) is 84.2 Å². The lowest BCUT2D eigenvalue weighted by molar-refractivity contribution is -0.119. The molecular weight excluding hydrogens is 607 g/mol. The van der Waals surface area contributed by atoms with Crippen LogP contribution < -0.4 is 15.4 Å². The van der Waals surface area contributed by atoms with E-state index in [9.17, 15) is 14.0 Å². The normalized spacial score (nSPS) is 18.4. The predicted octanol–water partition coefficient (Wildman–Crippen LogP) is 6.33. The number of halogens is 1. The fourth-order valence-corrected chi connectivity index (χ4v) is 7.30. The highest BCUT2D eigenvalue weighted by molar-refractivity contribution is 6.01. The monoisotopic (exact) mass is 650 g/mol. The quantitative estimate of drug-likeness (QED) is 0.186. The average Bonchev–Trinajstić information content (AvgIpc) is 4.02. The van der Waals surface area contributed by atoms with Gasteiger partial charge in [-0.25, -0.2) is 9.37 Å². The fraction of sp³-hybridized carbons (Fsp3) is 0.421. The number of nitrogens with zero attached hydrogens (tertiary/aromatic N) is 4. The largest absolute Gasteiger partial charge is 0.473 e. The van der Waals surface area contributed by atoms with Crippen molar-refractivity contribution in [2.45, 2.75) is 70.7 Å². The van der Waals surface area contributed by atoms with Crippen LogP contribution in [-0.4, -0.2) is 51.1 Å². The van der Waals surface area contributed by atoms with Gasteiger partial charge < -0.3 is 20.3 Å². The second kappa shape index (κ2) is 13.5. The topological polar surface area (TPSA) is 101 Å². The molecule has 2 aliphatic carbocycles. The minimum atomic E-state index is -0.651. The number of anilines is 1. The van der Waals surface area contributed by atoms with Crippen molar-refractivity contribution in [3.8, 4) is 5.88 Å². The molecule has 0 spiro atoms. The Morgan fingerprint density at radius 2 is 1.75 bits per heavy atom. The Morgan fingerprint density at radius 1 is 1.00 bits per heavy atom. The Labute approximate surface area is 280 Å². The molecule has 2 fully saturated rings. The molecule has 2 aromatic carbocycles. The Balaban J connectivity index is 1.13. The van der Waals surface area contributed by atoms with Crippen molar-refractivity contribution in [1.82, 2.24) is 25.0 Å². The first-order valence-corrected chi connectivity index (χ1v) is 17.0. The van der Waals surface area contributed by atoms with Crippen LogP contribution in [0.3, 0.4) is 0 Å². The molecule has 2 atom stereocenters. The highest BCUT2D eigenvalue weighted by Crippen LogP contribution is 2.51. The number of hydrogen-bond acceptors (Lipinski definition) is 6. The van der Waals surface area contributed by atoms with Crippen LogP contribution in [0.4, 0.5) is 10.1 Å². The minimum absolute atomic E-state index is 0.0165. The van der Waals surface area contributed by atoms with E-state index in [0.717, 1.165) is 42.4 Å². The van der Waals surface area contributed by atoms with Crippen LogP contribution in [0.2, 0.25) is 0 Å². The summed E-state index contributed by atoms with van der Waals surface area (Å²) in [6.45, 7) is 5.62. The molecule has 0 bridgehead atoms. The summed E-state index contributed by atoms with van der Waals surface area (Å²) >= 11 is 0. The zero-order chi connectivity index (χ0) is 33.4. The van der Waals surface area contributed by atoms with E-state index in [-0.39, 0.29) is 29.7 Å². The number of fused-ring (bicyclic) bond motifs is 1. The predicted molar refractivity (Wildman–Crippen MR) is 181 cm³/mol. The number of rotatable bonds is 12.